The molecule has 4 rings (SSSR count). The number of benzene rings is 2. The molecule has 0 aliphatic carbocycles. The van der Waals surface area contributed by atoms with E-state index in [4.69, 9.17) is 9.47 Å². The molecule has 2 aromatic rings. The number of likely N-dealkylation sites (tertiary alicyclic amines) is 1. The number of morpholine rings is 1. The van der Waals surface area contributed by atoms with Gasteiger partial charge in [-0.1, -0.05) is 6.07 Å². The average Bonchev–Trinajstić information content (AvgIpc) is 2.92. The third-order valence-corrected chi connectivity index (χ3v) is 6.60. The molecule has 35 heavy (non-hydrogen) atoms. The van der Waals surface area contributed by atoms with Crippen LogP contribution in [0.4, 0.5) is 4.39 Å². The lowest BCUT2D eigenvalue weighted by Gasteiger charge is -2.38. The van der Waals surface area contributed by atoms with Gasteiger partial charge in [-0.2, -0.15) is 0 Å². The molecule has 0 spiro atoms. The molecule has 2 fully saturated rings. The van der Waals surface area contributed by atoms with E-state index in [9.17, 15) is 18.8 Å². The maximum atomic E-state index is 13.5. The molecule has 0 saturated carbocycles. The minimum atomic E-state index is -0.713. The first-order valence-electron chi connectivity index (χ1n) is 11.8. The number of methoxy groups -OCH3 is 1. The van der Waals surface area contributed by atoms with Crippen molar-refractivity contribution in [1.29, 1.82) is 0 Å². The number of halogens is 1. The standard InChI is InChI=1S/C26H30FN3O5/c1-34-22-4-2-3-20(17-22)24(31)28-23(26(33)30-13-15-35-16-14-30)18-9-11-29(12-10-18)25(32)19-5-7-21(27)8-6-19/h2-8,17-18,23H,9-16H2,1H3,(H,28,31)/t23-/m1/s1. The summed E-state index contributed by atoms with van der Waals surface area (Å²) in [7, 11) is 1.53. The van der Waals surface area contributed by atoms with Crippen molar-refractivity contribution in [3.63, 3.8) is 0 Å². The topological polar surface area (TPSA) is 88.2 Å². The number of piperidine rings is 1. The number of carbonyl (C=O) groups excluding carboxylic acids is 3. The third-order valence-electron chi connectivity index (χ3n) is 6.60. The summed E-state index contributed by atoms with van der Waals surface area (Å²) in [6.07, 6.45) is 1.12. The van der Waals surface area contributed by atoms with Crippen LogP contribution in [0.25, 0.3) is 0 Å². The van der Waals surface area contributed by atoms with Gasteiger partial charge in [-0.3, -0.25) is 14.4 Å². The van der Waals surface area contributed by atoms with Gasteiger partial charge in [0, 0.05) is 37.3 Å². The van der Waals surface area contributed by atoms with Crippen LogP contribution in [0.15, 0.2) is 48.5 Å². The van der Waals surface area contributed by atoms with E-state index in [2.05, 4.69) is 5.32 Å². The van der Waals surface area contributed by atoms with E-state index in [0.717, 1.165) is 0 Å². The van der Waals surface area contributed by atoms with Gasteiger partial charge in [0.15, 0.2) is 0 Å². The Morgan fingerprint density at radius 2 is 1.66 bits per heavy atom. The molecule has 0 radical (unpaired) electrons. The third kappa shape index (κ3) is 5.97. The summed E-state index contributed by atoms with van der Waals surface area (Å²) in [5.74, 6) is -0.608. The second-order valence-electron chi connectivity index (χ2n) is 8.76. The molecule has 2 aliphatic heterocycles. The van der Waals surface area contributed by atoms with E-state index in [-0.39, 0.29) is 23.6 Å². The first-order chi connectivity index (χ1) is 17.0. The molecule has 2 saturated heterocycles. The Bertz CT molecular complexity index is 1050. The molecule has 8 nitrogen and oxygen atoms in total. The monoisotopic (exact) mass is 483 g/mol. The van der Waals surface area contributed by atoms with E-state index in [1.807, 2.05) is 0 Å². The Hall–Kier alpha value is -3.46. The lowest BCUT2D eigenvalue weighted by atomic mass is 9.87. The highest BCUT2D eigenvalue weighted by Crippen LogP contribution is 2.25. The number of nitrogens with zero attached hydrogens (tertiary/aromatic N) is 2. The zero-order valence-corrected chi connectivity index (χ0v) is 19.7. The SMILES string of the molecule is COc1cccc(C(=O)N[C@@H](C(=O)N2CCOCC2)C2CCN(C(=O)c3ccc(F)cc3)CC2)c1. The highest BCUT2D eigenvalue weighted by atomic mass is 19.1. The van der Waals surface area contributed by atoms with Crippen molar-refractivity contribution in [2.75, 3.05) is 46.5 Å². The second kappa shape index (κ2) is 11.3. The maximum absolute atomic E-state index is 13.5. The lowest BCUT2D eigenvalue weighted by Crippen LogP contribution is -2.56. The smallest absolute Gasteiger partial charge is 0.253 e. The molecule has 186 valence electrons. The summed E-state index contributed by atoms with van der Waals surface area (Å²) >= 11 is 0. The van der Waals surface area contributed by atoms with Gasteiger partial charge in [0.2, 0.25) is 5.91 Å². The van der Waals surface area contributed by atoms with Crippen LogP contribution >= 0.6 is 0 Å². The molecule has 2 aromatic carbocycles. The molecular formula is C26H30FN3O5. The number of amides is 3. The van der Waals surface area contributed by atoms with Gasteiger partial charge in [-0.15, -0.1) is 0 Å². The quantitative estimate of drug-likeness (QED) is 0.682. The van der Waals surface area contributed by atoms with Crippen molar-refractivity contribution >= 4 is 17.7 Å². The summed E-state index contributed by atoms with van der Waals surface area (Å²) < 4.78 is 23.8. The number of hydrogen-bond acceptors (Lipinski definition) is 5. The Morgan fingerprint density at radius 3 is 2.31 bits per heavy atom. The van der Waals surface area contributed by atoms with Crippen LogP contribution in [0.3, 0.4) is 0 Å². The number of nitrogens with one attached hydrogen (secondary N) is 1. The maximum Gasteiger partial charge on any atom is 0.253 e. The Labute approximate surface area is 204 Å². The number of ether oxygens (including phenoxy) is 2. The lowest BCUT2D eigenvalue weighted by molar-refractivity contribution is -0.139. The minimum absolute atomic E-state index is 0.128. The second-order valence-corrected chi connectivity index (χ2v) is 8.76. The summed E-state index contributed by atoms with van der Waals surface area (Å²) in [4.78, 5) is 42.8. The van der Waals surface area contributed by atoms with Crippen molar-refractivity contribution < 1.29 is 28.2 Å². The molecule has 1 atom stereocenters. The molecule has 0 bridgehead atoms. The Morgan fingerprint density at radius 1 is 0.971 bits per heavy atom. The van der Waals surface area contributed by atoms with E-state index in [1.54, 1.807) is 34.1 Å². The van der Waals surface area contributed by atoms with Crippen LogP contribution in [-0.4, -0.2) is 80.1 Å². The van der Waals surface area contributed by atoms with Crippen LogP contribution < -0.4 is 10.1 Å². The Kier molecular flexibility index (Phi) is 7.97. The molecular weight excluding hydrogens is 453 g/mol. The van der Waals surface area contributed by atoms with Gasteiger partial charge in [-0.25, -0.2) is 4.39 Å². The highest BCUT2D eigenvalue weighted by molar-refractivity contribution is 5.98. The van der Waals surface area contributed by atoms with Gasteiger partial charge in [0.25, 0.3) is 11.8 Å². The van der Waals surface area contributed by atoms with Gasteiger partial charge >= 0.3 is 0 Å². The fourth-order valence-electron chi connectivity index (χ4n) is 4.56. The van der Waals surface area contributed by atoms with E-state index in [0.29, 0.717) is 69.1 Å². The summed E-state index contributed by atoms with van der Waals surface area (Å²) in [6.45, 7) is 2.78. The number of rotatable bonds is 6. The molecule has 3 amide bonds. The zero-order chi connectivity index (χ0) is 24.8. The first kappa shape index (κ1) is 24.7. The number of hydrogen-bond donors (Lipinski definition) is 1. The van der Waals surface area contributed by atoms with Crippen molar-refractivity contribution in [1.82, 2.24) is 15.1 Å². The van der Waals surface area contributed by atoms with Crippen LogP contribution in [0.2, 0.25) is 0 Å². The van der Waals surface area contributed by atoms with Crippen LogP contribution in [0.1, 0.15) is 33.6 Å². The molecule has 9 heteroatoms. The fraction of sp³-hybridized carbons (Fsp3) is 0.423. The average molecular weight is 484 g/mol. The first-order valence-corrected chi connectivity index (χ1v) is 11.8. The van der Waals surface area contributed by atoms with E-state index >= 15 is 0 Å². The predicted octanol–water partition coefficient (Wildman–Crippen LogP) is 2.34. The minimum Gasteiger partial charge on any atom is -0.497 e. The summed E-state index contributed by atoms with van der Waals surface area (Å²) in [5, 5.41) is 2.96. The highest BCUT2D eigenvalue weighted by Gasteiger charge is 2.36. The molecule has 1 N–H and O–H groups in total. The van der Waals surface area contributed by atoms with Crippen molar-refractivity contribution in [2.24, 2.45) is 5.92 Å². The van der Waals surface area contributed by atoms with Gasteiger partial charge in [-0.05, 0) is 61.2 Å². The van der Waals surface area contributed by atoms with Gasteiger partial charge in [0.05, 0.1) is 20.3 Å². The summed E-state index contributed by atoms with van der Waals surface area (Å²) in [5.41, 5.74) is 0.838. The predicted molar refractivity (Wildman–Crippen MR) is 127 cm³/mol. The molecule has 0 aromatic heterocycles. The van der Waals surface area contributed by atoms with E-state index in [1.165, 1.54) is 31.4 Å². The van der Waals surface area contributed by atoms with Crippen molar-refractivity contribution in [3.8, 4) is 5.75 Å². The fourth-order valence-corrected chi connectivity index (χ4v) is 4.56. The van der Waals surface area contributed by atoms with Crippen LogP contribution in [-0.2, 0) is 9.53 Å². The molecule has 2 heterocycles. The molecule has 2 aliphatic rings. The van der Waals surface area contributed by atoms with Crippen LogP contribution in [0.5, 0.6) is 5.75 Å². The number of carbonyl (C=O) groups is 3. The normalized spacial score (nSPS) is 17.5. The van der Waals surface area contributed by atoms with Gasteiger partial charge in [0.1, 0.15) is 17.6 Å². The summed E-state index contributed by atoms with van der Waals surface area (Å²) in [6, 6.07) is 11.6. The Balaban J connectivity index is 1.47. The van der Waals surface area contributed by atoms with Crippen LogP contribution in [0, 0.1) is 11.7 Å². The van der Waals surface area contributed by atoms with Crippen molar-refractivity contribution in [3.05, 3.63) is 65.5 Å². The molecule has 0 unspecified atom stereocenters. The zero-order valence-electron chi connectivity index (χ0n) is 19.7. The largest absolute Gasteiger partial charge is 0.497 e. The van der Waals surface area contributed by atoms with Gasteiger partial charge < -0.3 is 24.6 Å². The van der Waals surface area contributed by atoms with E-state index < -0.39 is 11.9 Å². The van der Waals surface area contributed by atoms with Crippen molar-refractivity contribution in [2.45, 2.75) is 18.9 Å².